The van der Waals surface area contributed by atoms with Gasteiger partial charge in [0, 0.05) is 30.8 Å². The van der Waals surface area contributed by atoms with Crippen LogP contribution < -0.4 is 14.8 Å². The van der Waals surface area contributed by atoms with Crippen molar-refractivity contribution in [2.45, 2.75) is 30.7 Å². The van der Waals surface area contributed by atoms with Gasteiger partial charge in [-0.15, -0.1) is 0 Å². The van der Waals surface area contributed by atoms with Gasteiger partial charge in [0.25, 0.3) is 0 Å². The van der Waals surface area contributed by atoms with Gasteiger partial charge in [-0.05, 0) is 42.7 Å². The molecule has 28 heavy (non-hydrogen) atoms. The standard InChI is InChI=1S/C22H24N2O4/c1-27-18-7-3-5-15(11-18)22(13-17-9-10-20(25)24(17)14-22)21(26)23-16-6-4-8-19(12-16)28-2/h3-8,11-12,17H,9-10,13-14H2,1-2H3,(H,23,26). The average Bonchev–Trinajstić information content (AvgIpc) is 3.28. The molecule has 0 aliphatic carbocycles. The molecule has 2 heterocycles. The van der Waals surface area contributed by atoms with E-state index in [1.54, 1.807) is 20.3 Å². The van der Waals surface area contributed by atoms with Crippen LogP contribution >= 0.6 is 0 Å². The van der Waals surface area contributed by atoms with E-state index in [-0.39, 0.29) is 17.9 Å². The second kappa shape index (κ2) is 7.19. The third-order valence-corrected chi connectivity index (χ3v) is 5.86. The van der Waals surface area contributed by atoms with Crippen molar-refractivity contribution < 1.29 is 19.1 Å². The second-order valence-corrected chi connectivity index (χ2v) is 7.42. The molecule has 2 fully saturated rings. The van der Waals surface area contributed by atoms with Crippen LogP contribution in [-0.2, 0) is 15.0 Å². The fourth-order valence-corrected chi connectivity index (χ4v) is 4.36. The molecule has 2 aliphatic rings. The summed E-state index contributed by atoms with van der Waals surface area (Å²) in [6.07, 6.45) is 1.98. The molecule has 0 saturated carbocycles. The SMILES string of the molecule is COc1cccc(NC(=O)C2(c3cccc(OC)c3)CC3CCC(=O)N3C2)c1. The molecule has 0 aromatic heterocycles. The van der Waals surface area contributed by atoms with Gasteiger partial charge in [-0.25, -0.2) is 0 Å². The van der Waals surface area contributed by atoms with Crippen molar-refractivity contribution in [3.63, 3.8) is 0 Å². The molecular formula is C22H24N2O4. The lowest BCUT2D eigenvalue weighted by Gasteiger charge is -2.29. The van der Waals surface area contributed by atoms with Gasteiger partial charge in [-0.2, -0.15) is 0 Å². The zero-order chi connectivity index (χ0) is 19.7. The second-order valence-electron chi connectivity index (χ2n) is 7.42. The summed E-state index contributed by atoms with van der Waals surface area (Å²) in [6.45, 7) is 0.388. The number of hydrogen-bond donors (Lipinski definition) is 1. The number of carbonyl (C=O) groups is 2. The zero-order valence-electron chi connectivity index (χ0n) is 16.1. The van der Waals surface area contributed by atoms with Gasteiger partial charge in [0.05, 0.1) is 19.6 Å². The van der Waals surface area contributed by atoms with Crippen LogP contribution in [0.4, 0.5) is 5.69 Å². The molecule has 146 valence electrons. The summed E-state index contributed by atoms with van der Waals surface area (Å²) in [4.78, 5) is 27.7. The topological polar surface area (TPSA) is 67.9 Å². The molecule has 2 saturated heterocycles. The number of anilines is 1. The summed E-state index contributed by atoms with van der Waals surface area (Å²) in [5.74, 6) is 1.39. The number of amides is 2. The first-order chi connectivity index (χ1) is 13.6. The highest BCUT2D eigenvalue weighted by molar-refractivity contribution is 6.01. The number of rotatable bonds is 5. The molecule has 6 heteroatoms. The number of fused-ring (bicyclic) bond motifs is 1. The van der Waals surface area contributed by atoms with Gasteiger partial charge in [-0.3, -0.25) is 9.59 Å². The number of carbonyl (C=O) groups excluding carboxylic acids is 2. The molecular weight excluding hydrogens is 356 g/mol. The smallest absolute Gasteiger partial charge is 0.236 e. The van der Waals surface area contributed by atoms with Crippen LogP contribution in [0.5, 0.6) is 11.5 Å². The summed E-state index contributed by atoms with van der Waals surface area (Å²) in [6, 6.07) is 15.0. The molecule has 0 bridgehead atoms. The summed E-state index contributed by atoms with van der Waals surface area (Å²) >= 11 is 0. The van der Waals surface area contributed by atoms with Gasteiger partial charge in [0.15, 0.2) is 0 Å². The third-order valence-electron chi connectivity index (χ3n) is 5.86. The van der Waals surface area contributed by atoms with E-state index in [9.17, 15) is 9.59 Å². The molecule has 0 radical (unpaired) electrons. The highest BCUT2D eigenvalue weighted by Crippen LogP contribution is 2.44. The Morgan fingerprint density at radius 3 is 2.54 bits per heavy atom. The van der Waals surface area contributed by atoms with Gasteiger partial charge in [0.2, 0.25) is 11.8 Å². The van der Waals surface area contributed by atoms with Gasteiger partial charge in [-0.1, -0.05) is 18.2 Å². The molecule has 2 amide bonds. The van der Waals surface area contributed by atoms with Crippen molar-refractivity contribution in [2.75, 3.05) is 26.1 Å². The predicted molar refractivity (Wildman–Crippen MR) is 106 cm³/mol. The Kier molecular flexibility index (Phi) is 4.71. The maximum absolute atomic E-state index is 13.5. The monoisotopic (exact) mass is 380 g/mol. The van der Waals surface area contributed by atoms with Crippen molar-refractivity contribution in [2.24, 2.45) is 0 Å². The van der Waals surface area contributed by atoms with E-state index < -0.39 is 5.41 Å². The maximum Gasteiger partial charge on any atom is 0.236 e. The molecule has 2 atom stereocenters. The van der Waals surface area contributed by atoms with Crippen molar-refractivity contribution in [1.29, 1.82) is 0 Å². The van der Waals surface area contributed by atoms with E-state index in [0.29, 0.717) is 36.6 Å². The van der Waals surface area contributed by atoms with Crippen LogP contribution in [-0.4, -0.2) is 43.5 Å². The quantitative estimate of drug-likeness (QED) is 0.866. The molecule has 2 aliphatic heterocycles. The van der Waals surface area contributed by atoms with Crippen molar-refractivity contribution in [3.8, 4) is 11.5 Å². The zero-order valence-corrected chi connectivity index (χ0v) is 16.1. The molecule has 2 aromatic rings. The van der Waals surface area contributed by atoms with E-state index in [0.717, 1.165) is 12.0 Å². The van der Waals surface area contributed by atoms with Crippen molar-refractivity contribution in [3.05, 3.63) is 54.1 Å². The van der Waals surface area contributed by atoms with Crippen LogP contribution in [0.2, 0.25) is 0 Å². The van der Waals surface area contributed by atoms with E-state index in [2.05, 4.69) is 5.32 Å². The van der Waals surface area contributed by atoms with E-state index in [4.69, 9.17) is 9.47 Å². The Labute approximate surface area is 164 Å². The molecule has 0 spiro atoms. The normalized spacial score (nSPS) is 23.4. The molecule has 2 aromatic carbocycles. The van der Waals surface area contributed by atoms with E-state index in [1.807, 2.05) is 47.4 Å². The van der Waals surface area contributed by atoms with Crippen LogP contribution in [0.3, 0.4) is 0 Å². The predicted octanol–water partition coefficient (Wildman–Crippen LogP) is 2.98. The molecule has 2 unspecified atom stereocenters. The van der Waals surface area contributed by atoms with Crippen LogP contribution in [0.25, 0.3) is 0 Å². The summed E-state index contributed by atoms with van der Waals surface area (Å²) in [7, 11) is 3.20. The summed E-state index contributed by atoms with van der Waals surface area (Å²) in [5.41, 5.74) is 0.734. The van der Waals surface area contributed by atoms with Crippen molar-refractivity contribution in [1.82, 2.24) is 4.90 Å². The maximum atomic E-state index is 13.5. The molecule has 6 nitrogen and oxygen atoms in total. The Hall–Kier alpha value is -3.02. The Bertz CT molecular complexity index is 913. The number of nitrogens with one attached hydrogen (secondary N) is 1. The summed E-state index contributed by atoms with van der Waals surface area (Å²) < 4.78 is 10.6. The molecule has 1 N–H and O–H groups in total. The van der Waals surface area contributed by atoms with Crippen molar-refractivity contribution >= 4 is 17.5 Å². The number of nitrogens with zero attached hydrogens (tertiary/aromatic N) is 1. The summed E-state index contributed by atoms with van der Waals surface area (Å²) in [5, 5.41) is 3.04. The average molecular weight is 380 g/mol. The lowest BCUT2D eigenvalue weighted by atomic mass is 9.76. The first-order valence-corrected chi connectivity index (χ1v) is 9.45. The molecule has 4 rings (SSSR count). The number of methoxy groups -OCH3 is 2. The minimum atomic E-state index is -0.807. The first kappa shape index (κ1) is 18.3. The lowest BCUT2D eigenvalue weighted by Crippen LogP contribution is -2.43. The third kappa shape index (κ3) is 3.09. The Balaban J connectivity index is 1.70. The fraction of sp³-hybridized carbons (Fsp3) is 0.364. The van der Waals surface area contributed by atoms with Crippen LogP contribution in [0, 0.1) is 0 Å². The van der Waals surface area contributed by atoms with Gasteiger partial charge >= 0.3 is 0 Å². The Morgan fingerprint density at radius 1 is 1.11 bits per heavy atom. The fourth-order valence-electron chi connectivity index (χ4n) is 4.36. The highest BCUT2D eigenvalue weighted by Gasteiger charge is 2.53. The first-order valence-electron chi connectivity index (χ1n) is 9.45. The van der Waals surface area contributed by atoms with Gasteiger partial charge in [0.1, 0.15) is 11.5 Å². The number of benzene rings is 2. The minimum Gasteiger partial charge on any atom is -0.497 e. The van der Waals surface area contributed by atoms with Gasteiger partial charge < -0.3 is 19.7 Å². The van der Waals surface area contributed by atoms with E-state index in [1.165, 1.54) is 0 Å². The van der Waals surface area contributed by atoms with Crippen LogP contribution in [0.15, 0.2) is 48.5 Å². The van der Waals surface area contributed by atoms with Crippen LogP contribution in [0.1, 0.15) is 24.8 Å². The number of hydrogen-bond acceptors (Lipinski definition) is 4. The highest BCUT2D eigenvalue weighted by atomic mass is 16.5. The minimum absolute atomic E-state index is 0.106. The Morgan fingerprint density at radius 2 is 1.82 bits per heavy atom. The largest absolute Gasteiger partial charge is 0.497 e. The van der Waals surface area contributed by atoms with E-state index >= 15 is 0 Å². The number of ether oxygens (including phenoxy) is 2. The lowest BCUT2D eigenvalue weighted by molar-refractivity contribution is -0.128.